The average Bonchev–Trinajstić information content (AvgIpc) is 3.36. The minimum absolute atomic E-state index is 0. The van der Waals surface area contributed by atoms with Gasteiger partial charge in [-0.25, -0.2) is 9.97 Å². The molecule has 0 unspecified atom stereocenters. The molecule has 4 rings (SSSR count). The minimum atomic E-state index is -0.742. The SMILES string of the molecule is Cc1c(C[C@@H](N)C(=O)Nc2cnccn2)sc2c(NCc3ccco3)cc(Cl)nc12.Cl. The van der Waals surface area contributed by atoms with E-state index in [1.54, 1.807) is 23.7 Å². The van der Waals surface area contributed by atoms with Crippen molar-refractivity contribution in [3.63, 3.8) is 0 Å². The topological polar surface area (TPSA) is 119 Å². The van der Waals surface area contributed by atoms with Gasteiger partial charge in [0.15, 0.2) is 5.82 Å². The molecule has 4 N–H and O–H groups in total. The van der Waals surface area contributed by atoms with Crippen molar-refractivity contribution in [3.8, 4) is 0 Å². The van der Waals surface area contributed by atoms with Crippen LogP contribution in [0.2, 0.25) is 5.15 Å². The number of aryl methyl sites for hydroxylation is 1. The van der Waals surface area contributed by atoms with E-state index in [9.17, 15) is 4.79 Å². The van der Waals surface area contributed by atoms with Crippen LogP contribution in [-0.2, 0) is 17.8 Å². The maximum atomic E-state index is 12.4. The third-order valence-electron chi connectivity index (χ3n) is 4.53. The van der Waals surface area contributed by atoms with E-state index < -0.39 is 6.04 Å². The molecule has 0 saturated heterocycles. The Hall–Kier alpha value is -2.72. The van der Waals surface area contributed by atoms with Crippen LogP contribution >= 0.6 is 35.3 Å². The number of furan rings is 1. The number of halogens is 2. The lowest BCUT2D eigenvalue weighted by Crippen LogP contribution is -2.37. The number of nitrogens with two attached hydrogens (primary N) is 1. The second-order valence-electron chi connectivity index (χ2n) is 6.64. The largest absolute Gasteiger partial charge is 0.467 e. The molecule has 0 saturated carbocycles. The third kappa shape index (κ3) is 5.31. The van der Waals surface area contributed by atoms with E-state index in [-0.39, 0.29) is 18.3 Å². The fourth-order valence-corrected chi connectivity index (χ4v) is 4.48. The van der Waals surface area contributed by atoms with Crippen molar-refractivity contribution >= 4 is 63.0 Å². The summed E-state index contributed by atoms with van der Waals surface area (Å²) in [5, 5.41) is 6.42. The number of hydrogen-bond donors (Lipinski definition) is 3. The maximum absolute atomic E-state index is 12.4. The molecule has 162 valence electrons. The van der Waals surface area contributed by atoms with Crippen LogP contribution in [0, 0.1) is 6.92 Å². The Kier molecular flexibility index (Phi) is 7.45. The van der Waals surface area contributed by atoms with Gasteiger partial charge in [0.05, 0.1) is 41.0 Å². The Morgan fingerprint density at radius 3 is 2.94 bits per heavy atom. The van der Waals surface area contributed by atoms with Crippen molar-refractivity contribution in [2.24, 2.45) is 5.73 Å². The van der Waals surface area contributed by atoms with Crippen LogP contribution in [0.5, 0.6) is 0 Å². The Bertz CT molecular complexity index is 1170. The summed E-state index contributed by atoms with van der Waals surface area (Å²) in [7, 11) is 0. The van der Waals surface area contributed by atoms with Gasteiger partial charge in [-0.1, -0.05) is 11.6 Å². The number of thiophene rings is 1. The van der Waals surface area contributed by atoms with E-state index in [4.69, 9.17) is 21.8 Å². The van der Waals surface area contributed by atoms with Crippen LogP contribution in [0.3, 0.4) is 0 Å². The molecule has 1 amide bonds. The number of pyridine rings is 1. The van der Waals surface area contributed by atoms with Crippen LogP contribution in [-0.4, -0.2) is 26.9 Å². The van der Waals surface area contributed by atoms with Crippen molar-refractivity contribution in [2.75, 3.05) is 10.6 Å². The van der Waals surface area contributed by atoms with Gasteiger partial charge >= 0.3 is 0 Å². The quantitative estimate of drug-likeness (QED) is 0.340. The molecule has 4 heterocycles. The Morgan fingerprint density at radius 1 is 1.39 bits per heavy atom. The fraction of sp³-hybridized carbons (Fsp3) is 0.200. The lowest BCUT2D eigenvalue weighted by atomic mass is 10.1. The van der Waals surface area contributed by atoms with Gasteiger partial charge < -0.3 is 20.8 Å². The number of fused-ring (bicyclic) bond motifs is 1. The smallest absolute Gasteiger partial charge is 0.242 e. The molecular formula is C20H20Cl2N6O2S. The zero-order valence-electron chi connectivity index (χ0n) is 16.5. The van der Waals surface area contributed by atoms with E-state index in [1.807, 2.05) is 19.1 Å². The van der Waals surface area contributed by atoms with Gasteiger partial charge in [-0.05, 0) is 24.6 Å². The lowest BCUT2D eigenvalue weighted by molar-refractivity contribution is -0.117. The molecular weight excluding hydrogens is 459 g/mol. The summed E-state index contributed by atoms with van der Waals surface area (Å²) in [5.74, 6) is 0.852. The zero-order chi connectivity index (χ0) is 21.1. The number of rotatable bonds is 7. The first-order valence-corrected chi connectivity index (χ1v) is 10.4. The first-order valence-electron chi connectivity index (χ1n) is 9.18. The Balaban J connectivity index is 0.00000272. The molecule has 0 fully saturated rings. The second kappa shape index (κ2) is 10.1. The van der Waals surface area contributed by atoms with Crippen molar-refractivity contribution in [1.82, 2.24) is 15.0 Å². The van der Waals surface area contributed by atoms with Crippen molar-refractivity contribution in [2.45, 2.75) is 25.9 Å². The summed E-state index contributed by atoms with van der Waals surface area (Å²) in [4.78, 5) is 25.9. The van der Waals surface area contributed by atoms with Crippen molar-refractivity contribution in [3.05, 3.63) is 64.4 Å². The van der Waals surface area contributed by atoms with Gasteiger partial charge in [0, 0.05) is 29.8 Å². The summed E-state index contributed by atoms with van der Waals surface area (Å²) in [6.07, 6.45) is 6.51. The molecule has 31 heavy (non-hydrogen) atoms. The standard InChI is InChI=1S/C20H19ClN6O2S.ClH/c1-11-15(7-13(22)20(28)27-17-10-23-4-5-24-17)30-19-14(8-16(21)26-18(11)19)25-9-12-3-2-6-29-12;/h2-6,8,10,13H,7,9,22H2,1H3,(H,25,26)(H,24,27,28);1H/t13-;/m1./s1. The second-order valence-corrected chi connectivity index (χ2v) is 8.14. The van der Waals surface area contributed by atoms with E-state index in [1.165, 1.54) is 18.6 Å². The molecule has 11 heteroatoms. The fourth-order valence-electron chi connectivity index (χ4n) is 2.99. The predicted octanol–water partition coefficient (Wildman–Crippen LogP) is 4.18. The first-order chi connectivity index (χ1) is 14.5. The summed E-state index contributed by atoms with van der Waals surface area (Å²) < 4.78 is 6.33. The number of carbonyl (C=O) groups is 1. The molecule has 8 nitrogen and oxygen atoms in total. The Morgan fingerprint density at radius 2 is 2.23 bits per heavy atom. The predicted molar refractivity (Wildman–Crippen MR) is 125 cm³/mol. The zero-order valence-corrected chi connectivity index (χ0v) is 18.9. The van der Waals surface area contributed by atoms with Gasteiger partial charge in [-0.2, -0.15) is 0 Å². The van der Waals surface area contributed by atoms with Gasteiger partial charge in [0.2, 0.25) is 5.91 Å². The molecule has 0 radical (unpaired) electrons. The monoisotopic (exact) mass is 478 g/mol. The van der Waals surface area contributed by atoms with Crippen molar-refractivity contribution in [1.29, 1.82) is 0 Å². The van der Waals surface area contributed by atoms with E-state index in [0.29, 0.717) is 23.9 Å². The highest BCUT2D eigenvalue weighted by Gasteiger charge is 2.20. The summed E-state index contributed by atoms with van der Waals surface area (Å²) in [5.41, 5.74) is 8.77. The molecule has 0 bridgehead atoms. The highest BCUT2D eigenvalue weighted by molar-refractivity contribution is 7.19. The van der Waals surface area contributed by atoms with Crippen LogP contribution in [0.1, 0.15) is 16.2 Å². The van der Waals surface area contributed by atoms with E-state index in [0.717, 1.165) is 32.1 Å². The van der Waals surface area contributed by atoms with Crippen molar-refractivity contribution < 1.29 is 9.21 Å². The Labute approximate surface area is 193 Å². The van der Waals surface area contributed by atoms with Gasteiger partial charge in [-0.3, -0.25) is 9.78 Å². The number of nitrogens with one attached hydrogen (secondary N) is 2. The number of hydrogen-bond acceptors (Lipinski definition) is 8. The van der Waals surface area contributed by atoms with Gasteiger partial charge in [0.25, 0.3) is 0 Å². The van der Waals surface area contributed by atoms with Crippen LogP contribution in [0.4, 0.5) is 11.5 Å². The summed E-state index contributed by atoms with van der Waals surface area (Å²) in [6, 6.07) is 4.78. The number of anilines is 2. The molecule has 4 aromatic rings. The number of aromatic nitrogens is 3. The highest BCUT2D eigenvalue weighted by Crippen LogP contribution is 2.37. The molecule has 0 aromatic carbocycles. The number of nitrogens with zero attached hydrogens (tertiary/aromatic N) is 3. The average molecular weight is 479 g/mol. The highest BCUT2D eigenvalue weighted by atomic mass is 35.5. The number of carbonyl (C=O) groups excluding carboxylic acids is 1. The molecule has 0 aliphatic carbocycles. The van der Waals surface area contributed by atoms with Gasteiger partial charge in [-0.15, -0.1) is 23.7 Å². The molecule has 4 aromatic heterocycles. The summed E-state index contributed by atoms with van der Waals surface area (Å²) >= 11 is 7.79. The normalized spacial score (nSPS) is 11.7. The van der Waals surface area contributed by atoms with Crippen LogP contribution in [0.15, 0.2) is 47.5 Å². The van der Waals surface area contributed by atoms with E-state index >= 15 is 0 Å². The molecule has 1 atom stereocenters. The van der Waals surface area contributed by atoms with Crippen LogP contribution < -0.4 is 16.4 Å². The number of amides is 1. The minimum Gasteiger partial charge on any atom is -0.467 e. The van der Waals surface area contributed by atoms with Gasteiger partial charge in [0.1, 0.15) is 10.9 Å². The molecule has 0 aliphatic heterocycles. The molecule has 0 aliphatic rings. The summed E-state index contributed by atoms with van der Waals surface area (Å²) in [6.45, 7) is 2.48. The van der Waals surface area contributed by atoms with E-state index in [2.05, 4.69) is 25.6 Å². The first kappa shape index (κ1) is 23.0. The molecule has 0 spiro atoms. The lowest BCUT2D eigenvalue weighted by Gasteiger charge is -2.11. The maximum Gasteiger partial charge on any atom is 0.242 e. The third-order valence-corrected chi connectivity index (χ3v) is 6.06. The van der Waals surface area contributed by atoms with Crippen LogP contribution in [0.25, 0.3) is 10.2 Å².